The van der Waals surface area contributed by atoms with E-state index >= 15 is 0 Å². The smallest absolute Gasteiger partial charge is 0.243 e. The molecule has 0 fully saturated rings. The Morgan fingerprint density at radius 3 is 2.65 bits per heavy atom. The number of amides is 1. The Balaban J connectivity index is 1.76. The van der Waals surface area contributed by atoms with E-state index in [1.807, 2.05) is 54.6 Å². The number of ether oxygens (including phenoxy) is 1. The van der Waals surface area contributed by atoms with Gasteiger partial charge in [0, 0.05) is 22.3 Å². The van der Waals surface area contributed by atoms with Gasteiger partial charge in [0.2, 0.25) is 18.0 Å². The summed E-state index contributed by atoms with van der Waals surface area (Å²) in [7, 11) is 0. The second-order valence-electron chi connectivity index (χ2n) is 5.81. The van der Waals surface area contributed by atoms with Crippen LogP contribution >= 0.6 is 27.5 Å². The van der Waals surface area contributed by atoms with E-state index in [1.54, 1.807) is 0 Å². The third-order valence-corrected chi connectivity index (χ3v) is 4.86. The predicted octanol–water partition coefficient (Wildman–Crippen LogP) is 4.89. The van der Waals surface area contributed by atoms with Gasteiger partial charge < -0.3 is 4.74 Å². The van der Waals surface area contributed by atoms with Crippen molar-refractivity contribution in [3.63, 3.8) is 0 Å². The molecule has 2 heterocycles. The first kappa shape index (κ1) is 17.0. The molecule has 0 saturated carbocycles. The standard InChI is InChI=1S/C19H13BrClN3O2/c1-11(25)24-19(26-18(23-24)12-6-8-14(20)9-7-12)15-10-13-4-2-3-5-16(13)22-17(15)21/h2-10,19H,1H3/t19-/m0/s1. The van der Waals surface area contributed by atoms with Gasteiger partial charge in [0.05, 0.1) is 11.1 Å². The van der Waals surface area contributed by atoms with Crippen LogP contribution in [0.3, 0.4) is 0 Å². The number of pyridine rings is 1. The van der Waals surface area contributed by atoms with Crippen LogP contribution in [0.2, 0.25) is 5.15 Å². The van der Waals surface area contributed by atoms with Crippen LogP contribution in [-0.4, -0.2) is 21.8 Å². The molecule has 1 amide bonds. The Hall–Kier alpha value is -2.44. The zero-order chi connectivity index (χ0) is 18.3. The highest BCUT2D eigenvalue weighted by molar-refractivity contribution is 9.10. The molecule has 7 heteroatoms. The number of halogens is 2. The maximum absolute atomic E-state index is 12.1. The molecule has 0 radical (unpaired) electrons. The number of nitrogens with zero attached hydrogens (tertiary/aromatic N) is 3. The summed E-state index contributed by atoms with van der Waals surface area (Å²) in [6, 6.07) is 17.0. The SMILES string of the molecule is CC(=O)N1N=C(c2ccc(Br)cc2)O[C@H]1c1cc2ccccc2nc1Cl. The minimum Gasteiger partial charge on any atom is -0.446 e. The summed E-state index contributed by atoms with van der Waals surface area (Å²) in [4.78, 5) is 16.5. The lowest BCUT2D eigenvalue weighted by Gasteiger charge is -2.20. The Morgan fingerprint density at radius 2 is 1.92 bits per heavy atom. The van der Waals surface area contributed by atoms with Crippen molar-refractivity contribution >= 4 is 50.2 Å². The zero-order valence-corrected chi connectivity index (χ0v) is 16.0. The molecule has 1 aliphatic rings. The minimum absolute atomic E-state index is 0.244. The van der Waals surface area contributed by atoms with E-state index in [-0.39, 0.29) is 11.1 Å². The first-order chi connectivity index (χ1) is 12.5. The molecular weight excluding hydrogens is 418 g/mol. The van der Waals surface area contributed by atoms with Crippen molar-refractivity contribution in [3.8, 4) is 0 Å². The number of rotatable bonds is 2. The van der Waals surface area contributed by atoms with Gasteiger partial charge in [0.15, 0.2) is 0 Å². The molecule has 1 atom stereocenters. The molecule has 4 rings (SSSR count). The normalized spacial score (nSPS) is 16.5. The highest BCUT2D eigenvalue weighted by atomic mass is 79.9. The van der Waals surface area contributed by atoms with Crippen molar-refractivity contribution in [1.29, 1.82) is 0 Å². The fourth-order valence-electron chi connectivity index (χ4n) is 2.76. The van der Waals surface area contributed by atoms with E-state index in [1.165, 1.54) is 11.9 Å². The predicted molar refractivity (Wildman–Crippen MR) is 104 cm³/mol. The summed E-state index contributed by atoms with van der Waals surface area (Å²) in [5.74, 6) is 0.119. The monoisotopic (exact) mass is 429 g/mol. The number of hydrogen-bond acceptors (Lipinski definition) is 4. The number of fused-ring (bicyclic) bond motifs is 1. The van der Waals surface area contributed by atoms with Crippen molar-refractivity contribution < 1.29 is 9.53 Å². The number of carbonyl (C=O) groups excluding carboxylic acids is 1. The van der Waals surface area contributed by atoms with Crippen molar-refractivity contribution in [2.45, 2.75) is 13.2 Å². The van der Waals surface area contributed by atoms with E-state index in [2.05, 4.69) is 26.0 Å². The molecule has 5 nitrogen and oxygen atoms in total. The van der Waals surface area contributed by atoms with Crippen LogP contribution < -0.4 is 0 Å². The van der Waals surface area contributed by atoms with E-state index in [9.17, 15) is 4.79 Å². The van der Waals surface area contributed by atoms with Gasteiger partial charge in [-0.1, -0.05) is 45.7 Å². The Kier molecular flexibility index (Phi) is 4.38. The first-order valence-electron chi connectivity index (χ1n) is 7.89. The molecule has 0 saturated heterocycles. The fourth-order valence-corrected chi connectivity index (χ4v) is 3.26. The van der Waals surface area contributed by atoms with Crippen LogP contribution in [0.5, 0.6) is 0 Å². The van der Waals surface area contributed by atoms with E-state index in [0.29, 0.717) is 11.5 Å². The summed E-state index contributed by atoms with van der Waals surface area (Å²) >= 11 is 9.78. The molecule has 130 valence electrons. The Morgan fingerprint density at radius 1 is 1.19 bits per heavy atom. The number of benzene rings is 2. The third kappa shape index (κ3) is 3.06. The van der Waals surface area contributed by atoms with Crippen LogP contribution in [0.15, 0.2) is 64.2 Å². The van der Waals surface area contributed by atoms with E-state index in [0.717, 1.165) is 20.9 Å². The Bertz CT molecular complexity index is 1040. The molecule has 1 aliphatic heterocycles. The highest BCUT2D eigenvalue weighted by Crippen LogP contribution is 2.35. The molecule has 1 aromatic heterocycles. The average Bonchev–Trinajstić information content (AvgIpc) is 3.07. The summed E-state index contributed by atoms with van der Waals surface area (Å²) in [6.07, 6.45) is -0.754. The second kappa shape index (κ2) is 6.70. The number of aromatic nitrogens is 1. The average molecular weight is 431 g/mol. The number of carbonyl (C=O) groups is 1. The second-order valence-corrected chi connectivity index (χ2v) is 7.08. The summed E-state index contributed by atoms with van der Waals surface area (Å²) < 4.78 is 6.94. The fraction of sp³-hybridized carbons (Fsp3) is 0.105. The van der Waals surface area contributed by atoms with Crippen LogP contribution in [0.25, 0.3) is 10.9 Å². The molecule has 0 unspecified atom stereocenters. The van der Waals surface area contributed by atoms with E-state index < -0.39 is 6.23 Å². The van der Waals surface area contributed by atoms with Gasteiger partial charge in [-0.15, -0.1) is 5.10 Å². The molecule has 0 spiro atoms. The molecule has 3 aromatic rings. The summed E-state index contributed by atoms with van der Waals surface area (Å²) in [5.41, 5.74) is 2.14. The van der Waals surface area contributed by atoms with Crippen molar-refractivity contribution in [1.82, 2.24) is 9.99 Å². The lowest BCUT2D eigenvalue weighted by Crippen LogP contribution is -2.25. The summed E-state index contributed by atoms with van der Waals surface area (Å²) in [6.45, 7) is 1.44. The summed E-state index contributed by atoms with van der Waals surface area (Å²) in [5, 5.41) is 6.83. The van der Waals surface area contributed by atoms with Gasteiger partial charge in [-0.2, -0.15) is 5.01 Å². The third-order valence-electron chi connectivity index (χ3n) is 4.03. The number of hydrazone groups is 1. The van der Waals surface area contributed by atoms with Crippen LogP contribution in [0, 0.1) is 0 Å². The lowest BCUT2D eigenvalue weighted by atomic mass is 10.1. The van der Waals surface area contributed by atoms with Crippen molar-refractivity contribution in [3.05, 3.63) is 75.4 Å². The maximum Gasteiger partial charge on any atom is 0.243 e. The minimum atomic E-state index is -0.754. The maximum atomic E-state index is 12.1. The van der Waals surface area contributed by atoms with Crippen LogP contribution in [0.4, 0.5) is 0 Å². The lowest BCUT2D eigenvalue weighted by molar-refractivity contribution is -0.135. The molecular formula is C19H13BrClN3O2. The molecule has 26 heavy (non-hydrogen) atoms. The van der Waals surface area contributed by atoms with Crippen molar-refractivity contribution in [2.24, 2.45) is 5.10 Å². The molecule has 0 N–H and O–H groups in total. The molecule has 0 aliphatic carbocycles. The molecule has 0 bridgehead atoms. The van der Waals surface area contributed by atoms with Gasteiger partial charge in [-0.05, 0) is 36.4 Å². The zero-order valence-electron chi connectivity index (χ0n) is 13.7. The van der Waals surface area contributed by atoms with Crippen LogP contribution in [-0.2, 0) is 9.53 Å². The van der Waals surface area contributed by atoms with Gasteiger partial charge in [0.25, 0.3) is 0 Å². The molecule has 2 aromatic carbocycles. The number of hydrogen-bond donors (Lipinski definition) is 0. The quantitative estimate of drug-likeness (QED) is 0.544. The van der Waals surface area contributed by atoms with Gasteiger partial charge >= 0.3 is 0 Å². The first-order valence-corrected chi connectivity index (χ1v) is 9.06. The highest BCUT2D eigenvalue weighted by Gasteiger charge is 2.35. The van der Waals surface area contributed by atoms with Gasteiger partial charge in [-0.25, -0.2) is 4.98 Å². The van der Waals surface area contributed by atoms with Crippen LogP contribution in [0.1, 0.15) is 24.3 Å². The Labute approximate surface area is 163 Å². The topological polar surface area (TPSA) is 54.8 Å². The largest absolute Gasteiger partial charge is 0.446 e. The van der Waals surface area contributed by atoms with Crippen molar-refractivity contribution in [2.75, 3.05) is 0 Å². The van der Waals surface area contributed by atoms with Gasteiger partial charge in [-0.3, -0.25) is 4.79 Å². The van der Waals surface area contributed by atoms with Gasteiger partial charge in [0.1, 0.15) is 5.15 Å². The van der Waals surface area contributed by atoms with E-state index in [4.69, 9.17) is 16.3 Å². The number of para-hydroxylation sites is 1.